The van der Waals surface area contributed by atoms with Crippen LogP contribution < -0.4 is 10.6 Å². The number of hydrogen-bond donors (Lipinski definition) is 4. The lowest BCUT2D eigenvalue weighted by Gasteiger charge is -2.29. The highest BCUT2D eigenvalue weighted by atomic mass is 16.3. The van der Waals surface area contributed by atoms with Crippen LogP contribution in [-0.4, -0.2) is 44.0 Å². The molecule has 1 unspecified atom stereocenters. The van der Waals surface area contributed by atoms with E-state index in [1.807, 2.05) is 0 Å². The number of anilines is 2. The molecule has 0 amide bonds. The average Bonchev–Trinajstić information content (AvgIpc) is 2.94. The molecule has 0 aliphatic rings. The van der Waals surface area contributed by atoms with E-state index in [0.29, 0.717) is 18.0 Å². The van der Waals surface area contributed by atoms with E-state index in [2.05, 4.69) is 51.6 Å². The monoisotopic (exact) mass is 292 g/mol. The molecule has 1 atom stereocenters. The van der Waals surface area contributed by atoms with Crippen molar-refractivity contribution in [2.24, 2.45) is 0 Å². The quantitative estimate of drug-likeness (QED) is 0.595. The molecule has 0 fully saturated rings. The molecular weight excluding hydrogens is 268 g/mol. The molecule has 7 nitrogen and oxygen atoms in total. The number of nitrogens with one attached hydrogen (secondary N) is 3. The molecule has 0 bridgehead atoms. The fraction of sp³-hybridized carbons (Fsp3) is 0.643. The van der Waals surface area contributed by atoms with Crippen LogP contribution in [-0.2, 0) is 0 Å². The SMILES string of the molecule is CCCNc1nc(NC(C)(CC)CCO)c2cn[nH]c2n1. The van der Waals surface area contributed by atoms with E-state index in [1.54, 1.807) is 6.20 Å². The van der Waals surface area contributed by atoms with Gasteiger partial charge in [0.05, 0.1) is 11.6 Å². The smallest absolute Gasteiger partial charge is 0.226 e. The second kappa shape index (κ2) is 6.71. The Morgan fingerprint density at radius 2 is 2.14 bits per heavy atom. The molecule has 4 N–H and O–H groups in total. The van der Waals surface area contributed by atoms with Gasteiger partial charge in [0.25, 0.3) is 0 Å². The summed E-state index contributed by atoms with van der Waals surface area (Å²) in [5.74, 6) is 1.32. The molecule has 0 aliphatic heterocycles. The lowest BCUT2D eigenvalue weighted by atomic mass is 9.95. The Morgan fingerprint density at radius 3 is 2.81 bits per heavy atom. The Labute approximate surface area is 124 Å². The first-order chi connectivity index (χ1) is 10.1. The summed E-state index contributed by atoms with van der Waals surface area (Å²) in [5.41, 5.74) is 0.489. The molecule has 0 aromatic carbocycles. The Kier molecular flexibility index (Phi) is 4.95. The number of nitrogens with zero attached hydrogens (tertiary/aromatic N) is 3. The van der Waals surface area contributed by atoms with E-state index in [4.69, 9.17) is 0 Å². The number of aliphatic hydroxyl groups excluding tert-OH is 1. The first kappa shape index (κ1) is 15.5. The number of aliphatic hydroxyl groups is 1. The molecule has 2 rings (SSSR count). The molecule has 0 spiro atoms. The molecule has 116 valence electrons. The van der Waals surface area contributed by atoms with Crippen LogP contribution >= 0.6 is 0 Å². The molecule has 2 aromatic heterocycles. The molecule has 0 saturated carbocycles. The second-order valence-electron chi connectivity index (χ2n) is 5.47. The van der Waals surface area contributed by atoms with Crippen LogP contribution in [0, 0.1) is 0 Å². The van der Waals surface area contributed by atoms with Gasteiger partial charge in [-0.15, -0.1) is 0 Å². The largest absolute Gasteiger partial charge is 0.396 e. The van der Waals surface area contributed by atoms with Crippen molar-refractivity contribution in [2.45, 2.75) is 45.6 Å². The van der Waals surface area contributed by atoms with Crippen molar-refractivity contribution < 1.29 is 5.11 Å². The van der Waals surface area contributed by atoms with Crippen LogP contribution in [0.2, 0.25) is 0 Å². The highest BCUT2D eigenvalue weighted by Crippen LogP contribution is 2.26. The first-order valence-corrected chi connectivity index (χ1v) is 7.46. The van der Waals surface area contributed by atoms with Crippen molar-refractivity contribution in [2.75, 3.05) is 23.8 Å². The Bertz CT molecular complexity index is 584. The van der Waals surface area contributed by atoms with Crippen molar-refractivity contribution in [3.8, 4) is 0 Å². The molecule has 2 heterocycles. The van der Waals surface area contributed by atoms with Gasteiger partial charge < -0.3 is 15.7 Å². The highest BCUT2D eigenvalue weighted by molar-refractivity contribution is 5.87. The zero-order valence-corrected chi connectivity index (χ0v) is 12.9. The summed E-state index contributed by atoms with van der Waals surface area (Å²) in [6.45, 7) is 7.22. The number of rotatable bonds is 8. The van der Waals surface area contributed by atoms with Gasteiger partial charge in [0.15, 0.2) is 5.65 Å². The minimum Gasteiger partial charge on any atom is -0.396 e. The minimum atomic E-state index is -0.213. The van der Waals surface area contributed by atoms with Crippen molar-refractivity contribution in [3.05, 3.63) is 6.20 Å². The van der Waals surface area contributed by atoms with Crippen LogP contribution in [0.1, 0.15) is 40.0 Å². The van der Waals surface area contributed by atoms with Crippen molar-refractivity contribution in [1.82, 2.24) is 20.2 Å². The first-order valence-electron chi connectivity index (χ1n) is 7.46. The van der Waals surface area contributed by atoms with Gasteiger partial charge in [-0.3, -0.25) is 5.10 Å². The standard InChI is InChI=1S/C14H24N6O/c1-4-7-15-13-17-11(10-9-16-20-12(10)18-13)19-14(3,5-2)6-8-21/h9,21H,4-8H2,1-3H3,(H3,15,16,17,18,19,20). The Morgan fingerprint density at radius 1 is 1.33 bits per heavy atom. The van der Waals surface area contributed by atoms with Crippen molar-refractivity contribution in [1.29, 1.82) is 0 Å². The van der Waals surface area contributed by atoms with Crippen LogP contribution in [0.4, 0.5) is 11.8 Å². The average molecular weight is 292 g/mol. The third-order valence-corrected chi connectivity index (χ3v) is 3.71. The normalized spacial score (nSPS) is 14.1. The Balaban J connectivity index is 2.34. The third-order valence-electron chi connectivity index (χ3n) is 3.71. The molecule has 7 heteroatoms. The summed E-state index contributed by atoms with van der Waals surface area (Å²) < 4.78 is 0. The van der Waals surface area contributed by atoms with Crippen molar-refractivity contribution >= 4 is 22.8 Å². The maximum atomic E-state index is 9.25. The molecule has 0 saturated heterocycles. The van der Waals surface area contributed by atoms with E-state index in [9.17, 15) is 5.11 Å². The zero-order valence-electron chi connectivity index (χ0n) is 12.9. The lowest BCUT2D eigenvalue weighted by molar-refractivity contribution is 0.252. The summed E-state index contributed by atoms with van der Waals surface area (Å²) in [6, 6.07) is 0. The predicted molar refractivity (Wildman–Crippen MR) is 84.5 cm³/mol. The fourth-order valence-electron chi connectivity index (χ4n) is 2.11. The van der Waals surface area contributed by atoms with Crippen LogP contribution in [0.3, 0.4) is 0 Å². The summed E-state index contributed by atoms with van der Waals surface area (Å²) in [5, 5.41) is 23.7. The van der Waals surface area contributed by atoms with Gasteiger partial charge in [-0.25, -0.2) is 0 Å². The van der Waals surface area contributed by atoms with Crippen molar-refractivity contribution in [3.63, 3.8) is 0 Å². The van der Waals surface area contributed by atoms with Gasteiger partial charge in [-0.2, -0.15) is 15.1 Å². The van der Waals surface area contributed by atoms with Crippen LogP contribution in [0.25, 0.3) is 11.0 Å². The third kappa shape index (κ3) is 3.60. The predicted octanol–water partition coefficient (Wildman–Crippen LogP) is 2.14. The molecule has 2 aromatic rings. The maximum Gasteiger partial charge on any atom is 0.226 e. The van der Waals surface area contributed by atoms with E-state index in [1.165, 1.54) is 0 Å². The molecular formula is C14H24N6O. The zero-order chi connectivity index (χ0) is 15.3. The van der Waals surface area contributed by atoms with Gasteiger partial charge in [-0.1, -0.05) is 13.8 Å². The minimum absolute atomic E-state index is 0.137. The summed E-state index contributed by atoms with van der Waals surface area (Å²) in [6.07, 6.45) is 4.26. The number of fused-ring (bicyclic) bond motifs is 1. The Hall–Kier alpha value is -1.89. The molecule has 0 radical (unpaired) electrons. The van der Waals surface area contributed by atoms with E-state index < -0.39 is 0 Å². The van der Waals surface area contributed by atoms with Gasteiger partial charge in [0.2, 0.25) is 5.95 Å². The number of aromatic amines is 1. The molecule has 21 heavy (non-hydrogen) atoms. The second-order valence-corrected chi connectivity index (χ2v) is 5.47. The van der Waals surface area contributed by atoms with E-state index in [0.717, 1.165) is 30.6 Å². The summed E-state index contributed by atoms with van der Waals surface area (Å²) in [7, 11) is 0. The number of H-pyrrole nitrogens is 1. The van der Waals surface area contributed by atoms with E-state index in [-0.39, 0.29) is 12.1 Å². The topological polar surface area (TPSA) is 98.8 Å². The van der Waals surface area contributed by atoms with E-state index >= 15 is 0 Å². The maximum absolute atomic E-state index is 9.25. The number of hydrogen-bond acceptors (Lipinski definition) is 6. The van der Waals surface area contributed by atoms with Gasteiger partial charge in [0, 0.05) is 18.7 Å². The highest BCUT2D eigenvalue weighted by Gasteiger charge is 2.23. The molecule has 0 aliphatic carbocycles. The van der Waals surface area contributed by atoms with Crippen LogP contribution in [0.15, 0.2) is 6.20 Å². The summed E-state index contributed by atoms with van der Waals surface area (Å²) >= 11 is 0. The fourth-order valence-corrected chi connectivity index (χ4v) is 2.11. The van der Waals surface area contributed by atoms with Crippen LogP contribution in [0.5, 0.6) is 0 Å². The summed E-state index contributed by atoms with van der Waals surface area (Å²) in [4.78, 5) is 8.96. The number of aromatic nitrogens is 4. The van der Waals surface area contributed by atoms with Gasteiger partial charge in [0.1, 0.15) is 5.82 Å². The van der Waals surface area contributed by atoms with Gasteiger partial charge in [-0.05, 0) is 26.2 Å². The lowest BCUT2D eigenvalue weighted by Crippen LogP contribution is -2.35. The van der Waals surface area contributed by atoms with Gasteiger partial charge >= 0.3 is 0 Å².